The van der Waals surface area contributed by atoms with Gasteiger partial charge in [-0.3, -0.25) is 14.9 Å². The van der Waals surface area contributed by atoms with E-state index in [0.717, 1.165) is 24.2 Å². The molecule has 0 aliphatic carbocycles. The molecule has 0 aromatic carbocycles. The lowest BCUT2D eigenvalue weighted by atomic mass is 10.1. The van der Waals surface area contributed by atoms with E-state index in [1.807, 2.05) is 0 Å². The number of hydrogen-bond donors (Lipinski definition) is 1. The van der Waals surface area contributed by atoms with Crippen LogP contribution in [0.2, 0.25) is 0 Å². The Labute approximate surface area is 102 Å². The van der Waals surface area contributed by atoms with Gasteiger partial charge in [0.25, 0.3) is 5.91 Å². The van der Waals surface area contributed by atoms with Crippen LogP contribution < -0.4 is 5.73 Å². The van der Waals surface area contributed by atoms with E-state index in [0.29, 0.717) is 18.7 Å². The first-order valence-corrected chi connectivity index (χ1v) is 6.23. The van der Waals surface area contributed by atoms with E-state index < -0.39 is 4.92 Å². The Morgan fingerprint density at radius 1 is 1.65 bits per heavy atom. The number of hydrogen-bond acceptors (Lipinski definition) is 5. The number of nitro groups is 1. The van der Waals surface area contributed by atoms with Gasteiger partial charge in [0, 0.05) is 30.6 Å². The van der Waals surface area contributed by atoms with Crippen LogP contribution in [-0.2, 0) is 0 Å². The number of amides is 1. The summed E-state index contributed by atoms with van der Waals surface area (Å²) < 4.78 is 0. The molecule has 2 rings (SSSR count). The van der Waals surface area contributed by atoms with Crippen molar-refractivity contribution in [3.8, 4) is 0 Å². The molecule has 0 saturated carbocycles. The smallest absolute Gasteiger partial charge is 0.324 e. The first kappa shape index (κ1) is 12.0. The highest BCUT2D eigenvalue weighted by Gasteiger charge is 2.24. The summed E-state index contributed by atoms with van der Waals surface area (Å²) in [6, 6.07) is 1.34. The van der Waals surface area contributed by atoms with Crippen molar-refractivity contribution in [2.24, 2.45) is 5.73 Å². The van der Waals surface area contributed by atoms with E-state index in [-0.39, 0.29) is 17.0 Å². The topological polar surface area (TPSA) is 89.5 Å². The third-order valence-electron chi connectivity index (χ3n) is 2.76. The van der Waals surface area contributed by atoms with Gasteiger partial charge >= 0.3 is 5.00 Å². The fourth-order valence-corrected chi connectivity index (χ4v) is 2.61. The molecule has 1 aliphatic rings. The van der Waals surface area contributed by atoms with E-state index in [9.17, 15) is 14.9 Å². The zero-order chi connectivity index (χ0) is 12.4. The molecule has 0 radical (unpaired) electrons. The fourth-order valence-electron chi connectivity index (χ4n) is 1.91. The molecule has 0 spiro atoms. The lowest BCUT2D eigenvalue weighted by molar-refractivity contribution is -0.380. The van der Waals surface area contributed by atoms with Gasteiger partial charge < -0.3 is 10.6 Å². The quantitative estimate of drug-likeness (QED) is 0.635. The van der Waals surface area contributed by atoms with Gasteiger partial charge in [-0.1, -0.05) is 11.3 Å². The number of piperidine rings is 1. The molecule has 1 aliphatic heterocycles. The van der Waals surface area contributed by atoms with Crippen molar-refractivity contribution in [1.82, 2.24) is 4.90 Å². The first-order valence-electron chi connectivity index (χ1n) is 5.35. The summed E-state index contributed by atoms with van der Waals surface area (Å²) in [7, 11) is 0. The standard InChI is InChI=1S/C10H13N3O3S/c11-8-2-1-3-12(5-8)10(14)7-4-9(13(15)16)17-6-7/h4,6,8H,1-3,5,11H2/t8-/m1/s1. The van der Waals surface area contributed by atoms with Crippen LogP contribution >= 0.6 is 11.3 Å². The lowest BCUT2D eigenvalue weighted by Crippen LogP contribution is -2.45. The molecule has 92 valence electrons. The van der Waals surface area contributed by atoms with Crippen LogP contribution in [0.3, 0.4) is 0 Å². The molecule has 1 aromatic heterocycles. The molecule has 7 heteroatoms. The molecule has 1 fully saturated rings. The van der Waals surface area contributed by atoms with Crippen molar-refractivity contribution in [2.75, 3.05) is 13.1 Å². The summed E-state index contributed by atoms with van der Waals surface area (Å²) in [5.41, 5.74) is 6.18. The predicted octanol–water partition coefficient (Wildman–Crippen LogP) is 1.22. The van der Waals surface area contributed by atoms with Crippen molar-refractivity contribution in [3.05, 3.63) is 27.1 Å². The number of rotatable bonds is 2. The number of likely N-dealkylation sites (tertiary alicyclic amines) is 1. The summed E-state index contributed by atoms with van der Waals surface area (Å²) in [4.78, 5) is 23.8. The number of thiophene rings is 1. The summed E-state index contributed by atoms with van der Waals surface area (Å²) in [5, 5.41) is 12.1. The maximum Gasteiger partial charge on any atom is 0.324 e. The second-order valence-electron chi connectivity index (χ2n) is 4.08. The van der Waals surface area contributed by atoms with Crippen molar-refractivity contribution in [3.63, 3.8) is 0 Å². The van der Waals surface area contributed by atoms with Crippen molar-refractivity contribution >= 4 is 22.2 Å². The second-order valence-corrected chi connectivity index (χ2v) is 4.97. The van der Waals surface area contributed by atoms with E-state index in [4.69, 9.17) is 5.73 Å². The summed E-state index contributed by atoms with van der Waals surface area (Å²) >= 11 is 0.973. The average molecular weight is 255 g/mol. The molecule has 17 heavy (non-hydrogen) atoms. The largest absolute Gasteiger partial charge is 0.337 e. The van der Waals surface area contributed by atoms with Gasteiger partial charge in [-0.25, -0.2) is 0 Å². The molecule has 1 saturated heterocycles. The monoisotopic (exact) mass is 255 g/mol. The van der Waals surface area contributed by atoms with Crippen molar-refractivity contribution < 1.29 is 9.72 Å². The SMILES string of the molecule is N[C@@H]1CCCN(C(=O)c2csc([N+](=O)[O-])c2)C1. The summed E-state index contributed by atoms with van der Waals surface area (Å²) in [5.74, 6) is -0.162. The number of nitrogens with two attached hydrogens (primary N) is 1. The molecule has 1 atom stereocenters. The van der Waals surface area contributed by atoms with Gasteiger partial charge in [0.15, 0.2) is 0 Å². The molecular formula is C10H13N3O3S. The van der Waals surface area contributed by atoms with Crippen LogP contribution in [0.15, 0.2) is 11.4 Å². The molecule has 1 aromatic rings. The minimum atomic E-state index is -0.483. The normalized spacial score (nSPS) is 20.3. The van der Waals surface area contributed by atoms with Gasteiger partial charge in [-0.2, -0.15) is 0 Å². The highest BCUT2D eigenvalue weighted by atomic mass is 32.1. The van der Waals surface area contributed by atoms with Crippen LogP contribution in [0, 0.1) is 10.1 Å². The molecule has 2 N–H and O–H groups in total. The molecule has 0 unspecified atom stereocenters. The molecule has 1 amide bonds. The Hall–Kier alpha value is -1.47. The second kappa shape index (κ2) is 4.80. The van der Waals surface area contributed by atoms with Crippen LogP contribution in [-0.4, -0.2) is 34.9 Å². The highest BCUT2D eigenvalue weighted by molar-refractivity contribution is 7.13. The average Bonchev–Trinajstić information content (AvgIpc) is 2.77. The Kier molecular flexibility index (Phi) is 3.39. The summed E-state index contributed by atoms with van der Waals surface area (Å²) in [6.45, 7) is 1.21. The van der Waals surface area contributed by atoms with Crippen LogP contribution in [0.4, 0.5) is 5.00 Å². The Bertz CT molecular complexity index is 446. The number of carbonyl (C=O) groups excluding carboxylic acids is 1. The van der Waals surface area contributed by atoms with E-state index in [2.05, 4.69) is 0 Å². The van der Waals surface area contributed by atoms with Gasteiger partial charge in [-0.15, -0.1) is 0 Å². The zero-order valence-corrected chi connectivity index (χ0v) is 9.98. The Balaban J connectivity index is 2.10. The van der Waals surface area contributed by atoms with Crippen LogP contribution in [0.1, 0.15) is 23.2 Å². The lowest BCUT2D eigenvalue weighted by Gasteiger charge is -2.30. The van der Waals surface area contributed by atoms with Gasteiger partial charge in [0.1, 0.15) is 0 Å². The number of carbonyl (C=O) groups is 1. The van der Waals surface area contributed by atoms with Crippen molar-refractivity contribution in [1.29, 1.82) is 0 Å². The summed E-state index contributed by atoms with van der Waals surface area (Å²) in [6.07, 6.45) is 1.81. The minimum absolute atomic E-state index is 0.00495. The fraction of sp³-hybridized carbons (Fsp3) is 0.500. The van der Waals surface area contributed by atoms with E-state index >= 15 is 0 Å². The zero-order valence-electron chi connectivity index (χ0n) is 9.17. The molecule has 2 heterocycles. The van der Waals surface area contributed by atoms with Gasteiger partial charge in [0.2, 0.25) is 0 Å². The molecule has 0 bridgehead atoms. The predicted molar refractivity (Wildman–Crippen MR) is 64.1 cm³/mol. The number of nitrogens with zero attached hydrogens (tertiary/aromatic N) is 2. The van der Waals surface area contributed by atoms with E-state index in [1.54, 1.807) is 4.90 Å². The van der Waals surface area contributed by atoms with E-state index in [1.165, 1.54) is 11.4 Å². The van der Waals surface area contributed by atoms with Crippen molar-refractivity contribution in [2.45, 2.75) is 18.9 Å². The van der Waals surface area contributed by atoms with Crippen LogP contribution in [0.5, 0.6) is 0 Å². The van der Waals surface area contributed by atoms with Gasteiger partial charge in [-0.05, 0) is 12.8 Å². The maximum atomic E-state index is 12.0. The first-order chi connectivity index (χ1) is 8.08. The maximum absolute atomic E-state index is 12.0. The third-order valence-corrected chi connectivity index (χ3v) is 3.64. The Morgan fingerprint density at radius 2 is 2.41 bits per heavy atom. The molecular weight excluding hydrogens is 242 g/mol. The molecule has 6 nitrogen and oxygen atoms in total. The van der Waals surface area contributed by atoms with Crippen LogP contribution in [0.25, 0.3) is 0 Å². The third kappa shape index (κ3) is 2.62. The highest BCUT2D eigenvalue weighted by Crippen LogP contribution is 2.24. The Morgan fingerprint density at radius 3 is 3.00 bits per heavy atom. The van der Waals surface area contributed by atoms with Gasteiger partial charge in [0.05, 0.1) is 10.5 Å². The minimum Gasteiger partial charge on any atom is -0.337 e.